The number of carbonyl (C=O) groups excluding carboxylic acids is 1. The molecule has 1 amide bonds. The summed E-state index contributed by atoms with van der Waals surface area (Å²) < 4.78 is 39.5. The highest BCUT2D eigenvalue weighted by molar-refractivity contribution is 5.92. The van der Waals surface area contributed by atoms with E-state index in [1.54, 1.807) is 17.8 Å². The first-order valence-electron chi connectivity index (χ1n) is 8.12. The summed E-state index contributed by atoms with van der Waals surface area (Å²) in [5, 5.41) is 4.42. The van der Waals surface area contributed by atoms with Gasteiger partial charge in [-0.05, 0) is 36.6 Å². The summed E-state index contributed by atoms with van der Waals surface area (Å²) >= 11 is 0. The van der Waals surface area contributed by atoms with Crippen molar-refractivity contribution in [2.45, 2.75) is 46.0 Å². The lowest BCUT2D eigenvalue weighted by molar-refractivity contribution is -0.137. The van der Waals surface area contributed by atoms with Crippen LogP contribution in [0.2, 0.25) is 0 Å². The Morgan fingerprint density at radius 3 is 2.32 bits per heavy atom. The highest BCUT2D eigenvalue weighted by atomic mass is 19.4. The van der Waals surface area contributed by atoms with Crippen LogP contribution in [0.5, 0.6) is 0 Å². The number of benzene rings is 1. The molecule has 0 N–H and O–H groups in total. The number of hydrogen-bond acceptors (Lipinski definition) is 2. The third-order valence-electron chi connectivity index (χ3n) is 3.96. The van der Waals surface area contributed by atoms with Crippen molar-refractivity contribution in [2.24, 2.45) is 0 Å². The standard InChI is InChI=1S/C18H22F3N3O/c1-5-24-16(10-15(22-24)12(2)3)17(25)23(4)11-13-6-8-14(9-7-13)18(19,20)21/h6-10,12H,5,11H2,1-4H3. The second-order valence-corrected chi connectivity index (χ2v) is 6.28. The molecule has 0 saturated heterocycles. The van der Waals surface area contributed by atoms with E-state index in [0.29, 0.717) is 17.8 Å². The molecule has 0 aliphatic rings. The van der Waals surface area contributed by atoms with Gasteiger partial charge in [0.1, 0.15) is 5.69 Å². The quantitative estimate of drug-likeness (QED) is 0.803. The fourth-order valence-corrected chi connectivity index (χ4v) is 2.47. The summed E-state index contributed by atoms with van der Waals surface area (Å²) in [6.45, 7) is 6.71. The predicted molar refractivity (Wildman–Crippen MR) is 89.2 cm³/mol. The molecule has 0 aliphatic heterocycles. The van der Waals surface area contributed by atoms with Gasteiger partial charge in [0.05, 0.1) is 11.3 Å². The molecule has 0 saturated carbocycles. The Labute approximate surface area is 145 Å². The molecule has 0 spiro atoms. The molecule has 1 aromatic carbocycles. The molecular weight excluding hydrogens is 331 g/mol. The third-order valence-corrected chi connectivity index (χ3v) is 3.96. The number of amides is 1. The molecule has 4 nitrogen and oxygen atoms in total. The van der Waals surface area contributed by atoms with E-state index in [1.165, 1.54) is 17.0 Å². The van der Waals surface area contributed by atoms with Crippen LogP contribution in [0, 0.1) is 0 Å². The maximum Gasteiger partial charge on any atom is 0.416 e. The number of aromatic nitrogens is 2. The lowest BCUT2D eigenvalue weighted by atomic mass is 10.1. The molecule has 0 unspecified atom stereocenters. The topological polar surface area (TPSA) is 38.1 Å². The fourth-order valence-electron chi connectivity index (χ4n) is 2.47. The van der Waals surface area contributed by atoms with Gasteiger partial charge < -0.3 is 4.90 Å². The number of rotatable bonds is 5. The first kappa shape index (κ1) is 19.0. The lowest BCUT2D eigenvalue weighted by Gasteiger charge is -2.18. The van der Waals surface area contributed by atoms with E-state index in [1.807, 2.05) is 20.8 Å². The summed E-state index contributed by atoms with van der Waals surface area (Å²) in [5.41, 5.74) is 1.26. The second-order valence-electron chi connectivity index (χ2n) is 6.28. The number of nitrogens with zero attached hydrogens (tertiary/aromatic N) is 3. The Kier molecular flexibility index (Phi) is 5.55. The number of aryl methyl sites for hydroxylation is 1. The van der Waals surface area contributed by atoms with Gasteiger partial charge in [-0.25, -0.2) is 0 Å². The average molecular weight is 353 g/mol. The van der Waals surface area contributed by atoms with E-state index in [4.69, 9.17) is 0 Å². The molecule has 2 rings (SSSR count). The molecule has 136 valence electrons. The van der Waals surface area contributed by atoms with E-state index in [2.05, 4.69) is 5.10 Å². The van der Waals surface area contributed by atoms with Gasteiger partial charge in [-0.1, -0.05) is 26.0 Å². The van der Waals surface area contributed by atoms with E-state index < -0.39 is 11.7 Å². The van der Waals surface area contributed by atoms with Crippen molar-refractivity contribution in [3.63, 3.8) is 0 Å². The Morgan fingerprint density at radius 2 is 1.84 bits per heavy atom. The van der Waals surface area contributed by atoms with Gasteiger partial charge in [-0.2, -0.15) is 18.3 Å². The van der Waals surface area contributed by atoms with Crippen molar-refractivity contribution in [1.29, 1.82) is 0 Å². The molecular formula is C18H22F3N3O. The summed E-state index contributed by atoms with van der Waals surface area (Å²) in [5.74, 6) is 0.000664. The Morgan fingerprint density at radius 1 is 1.24 bits per heavy atom. The molecule has 0 radical (unpaired) electrons. The largest absolute Gasteiger partial charge is 0.416 e. The van der Waals surface area contributed by atoms with Crippen LogP contribution in [0.3, 0.4) is 0 Å². The van der Waals surface area contributed by atoms with Crippen LogP contribution in [0.15, 0.2) is 30.3 Å². The molecule has 1 heterocycles. The third kappa shape index (κ3) is 4.41. The van der Waals surface area contributed by atoms with Gasteiger partial charge in [-0.15, -0.1) is 0 Å². The summed E-state index contributed by atoms with van der Waals surface area (Å²) in [4.78, 5) is 14.2. The van der Waals surface area contributed by atoms with Crippen LogP contribution in [-0.2, 0) is 19.3 Å². The predicted octanol–water partition coefficient (Wildman–Crippen LogP) is 4.32. The summed E-state index contributed by atoms with van der Waals surface area (Å²) in [6, 6.07) is 6.62. The highest BCUT2D eigenvalue weighted by Gasteiger charge is 2.30. The van der Waals surface area contributed by atoms with Gasteiger partial charge >= 0.3 is 6.18 Å². The SMILES string of the molecule is CCn1nc(C(C)C)cc1C(=O)N(C)Cc1ccc(C(F)(F)F)cc1. The van der Waals surface area contributed by atoms with Gasteiger partial charge in [0, 0.05) is 20.1 Å². The molecule has 0 atom stereocenters. The lowest BCUT2D eigenvalue weighted by Crippen LogP contribution is -2.28. The first-order chi connectivity index (χ1) is 11.6. The average Bonchev–Trinajstić information content (AvgIpc) is 2.98. The van der Waals surface area contributed by atoms with Crippen molar-refractivity contribution >= 4 is 5.91 Å². The van der Waals surface area contributed by atoms with Crippen molar-refractivity contribution < 1.29 is 18.0 Å². The van der Waals surface area contributed by atoms with Gasteiger partial charge in [0.25, 0.3) is 5.91 Å². The molecule has 0 bridgehead atoms. The monoisotopic (exact) mass is 353 g/mol. The second kappa shape index (κ2) is 7.29. The van der Waals surface area contributed by atoms with Crippen LogP contribution in [0.1, 0.15) is 54.0 Å². The minimum absolute atomic E-state index is 0.207. The van der Waals surface area contributed by atoms with Crippen LogP contribution in [0.4, 0.5) is 13.2 Å². The summed E-state index contributed by atoms with van der Waals surface area (Å²) in [7, 11) is 1.63. The highest BCUT2D eigenvalue weighted by Crippen LogP contribution is 2.29. The molecule has 0 aliphatic carbocycles. The normalized spacial score (nSPS) is 11.8. The van der Waals surface area contributed by atoms with Gasteiger partial charge in [0.2, 0.25) is 0 Å². The Balaban J connectivity index is 2.15. The van der Waals surface area contributed by atoms with E-state index in [-0.39, 0.29) is 18.4 Å². The Bertz CT molecular complexity index is 733. The van der Waals surface area contributed by atoms with Crippen LogP contribution in [-0.4, -0.2) is 27.6 Å². The van der Waals surface area contributed by atoms with Crippen molar-refractivity contribution in [2.75, 3.05) is 7.05 Å². The molecule has 7 heteroatoms. The van der Waals surface area contributed by atoms with E-state index in [9.17, 15) is 18.0 Å². The smallest absolute Gasteiger partial charge is 0.336 e. The zero-order valence-corrected chi connectivity index (χ0v) is 14.8. The van der Waals surface area contributed by atoms with Crippen LogP contribution < -0.4 is 0 Å². The molecule has 25 heavy (non-hydrogen) atoms. The van der Waals surface area contributed by atoms with E-state index >= 15 is 0 Å². The number of hydrogen-bond donors (Lipinski definition) is 0. The number of alkyl halides is 3. The molecule has 0 fully saturated rings. The van der Waals surface area contributed by atoms with Gasteiger partial charge in [-0.3, -0.25) is 9.48 Å². The maximum absolute atomic E-state index is 12.7. The summed E-state index contributed by atoms with van der Waals surface area (Å²) in [6.07, 6.45) is -4.36. The Hall–Kier alpha value is -2.31. The number of halogens is 3. The fraction of sp³-hybridized carbons (Fsp3) is 0.444. The van der Waals surface area contributed by atoms with Gasteiger partial charge in [0.15, 0.2) is 0 Å². The molecule has 2 aromatic rings. The van der Waals surface area contributed by atoms with Crippen molar-refractivity contribution in [3.05, 3.63) is 52.8 Å². The first-order valence-corrected chi connectivity index (χ1v) is 8.12. The van der Waals surface area contributed by atoms with E-state index in [0.717, 1.165) is 17.8 Å². The van der Waals surface area contributed by atoms with Crippen molar-refractivity contribution in [1.82, 2.24) is 14.7 Å². The maximum atomic E-state index is 12.7. The zero-order valence-electron chi connectivity index (χ0n) is 14.8. The minimum atomic E-state index is -4.36. The van der Waals surface area contributed by atoms with Crippen molar-refractivity contribution in [3.8, 4) is 0 Å². The minimum Gasteiger partial charge on any atom is -0.336 e. The number of carbonyl (C=O) groups is 1. The van der Waals surface area contributed by atoms with Crippen LogP contribution >= 0.6 is 0 Å². The zero-order chi connectivity index (χ0) is 18.8. The van der Waals surface area contributed by atoms with Crippen LogP contribution in [0.25, 0.3) is 0 Å². The molecule has 1 aromatic heterocycles.